The van der Waals surface area contributed by atoms with Crippen molar-refractivity contribution in [1.29, 1.82) is 0 Å². The number of hydrogen-bond acceptors (Lipinski definition) is 3. The molecule has 0 aromatic heterocycles. The van der Waals surface area contributed by atoms with Crippen LogP contribution in [-0.4, -0.2) is 38.8 Å². The number of amides is 1. The summed E-state index contributed by atoms with van der Waals surface area (Å²) in [5.74, 6) is 0.556. The lowest BCUT2D eigenvalue weighted by atomic mass is 9.92. The van der Waals surface area contributed by atoms with E-state index in [-0.39, 0.29) is 24.2 Å². The van der Waals surface area contributed by atoms with Crippen LogP contribution in [0, 0.1) is 11.3 Å². The third-order valence-electron chi connectivity index (χ3n) is 4.07. The second kappa shape index (κ2) is 7.31. The number of carbonyl (C=O) groups excluding carboxylic acids is 1. The topological polar surface area (TPSA) is 50.4 Å². The molecule has 2 aliphatic rings. The fraction of sp³-hybridized carbons (Fsp3) is 0.923. The molecular weight excluding hydrogens is 252 g/mol. The van der Waals surface area contributed by atoms with Crippen molar-refractivity contribution in [2.75, 3.05) is 32.8 Å². The van der Waals surface area contributed by atoms with Crippen LogP contribution in [0.25, 0.3) is 0 Å². The molecule has 1 aliphatic carbocycles. The molecule has 1 heterocycles. The summed E-state index contributed by atoms with van der Waals surface area (Å²) in [6.45, 7) is 6.40. The van der Waals surface area contributed by atoms with Gasteiger partial charge in [-0.15, -0.1) is 12.4 Å². The highest BCUT2D eigenvalue weighted by molar-refractivity contribution is 5.85. The molecule has 2 N–H and O–H groups in total. The van der Waals surface area contributed by atoms with Gasteiger partial charge in [0.05, 0.1) is 0 Å². The minimum Gasteiger partial charge on any atom is -0.382 e. The molecule has 1 atom stereocenters. The van der Waals surface area contributed by atoms with E-state index in [0.717, 1.165) is 45.7 Å². The Morgan fingerprint density at radius 3 is 2.83 bits per heavy atom. The first-order valence-electron chi connectivity index (χ1n) is 6.85. The van der Waals surface area contributed by atoms with Gasteiger partial charge in [0.25, 0.3) is 0 Å². The molecule has 18 heavy (non-hydrogen) atoms. The van der Waals surface area contributed by atoms with Crippen molar-refractivity contribution >= 4 is 18.3 Å². The fourth-order valence-electron chi connectivity index (χ4n) is 2.85. The van der Waals surface area contributed by atoms with Crippen molar-refractivity contribution in [1.82, 2.24) is 10.6 Å². The van der Waals surface area contributed by atoms with Crippen molar-refractivity contribution in [3.05, 3.63) is 0 Å². The molecule has 2 fully saturated rings. The van der Waals surface area contributed by atoms with Gasteiger partial charge in [-0.05, 0) is 51.1 Å². The van der Waals surface area contributed by atoms with Gasteiger partial charge in [-0.25, -0.2) is 0 Å². The monoisotopic (exact) mass is 276 g/mol. The van der Waals surface area contributed by atoms with Crippen molar-refractivity contribution in [2.24, 2.45) is 11.3 Å². The summed E-state index contributed by atoms with van der Waals surface area (Å²) in [6.07, 6.45) is 4.36. The Hall–Kier alpha value is -0.320. The fourth-order valence-corrected chi connectivity index (χ4v) is 2.85. The molecule has 0 radical (unpaired) electrons. The van der Waals surface area contributed by atoms with Crippen molar-refractivity contribution < 1.29 is 9.53 Å². The van der Waals surface area contributed by atoms with Gasteiger partial charge in [-0.2, -0.15) is 0 Å². The summed E-state index contributed by atoms with van der Waals surface area (Å²) < 4.78 is 5.24. The van der Waals surface area contributed by atoms with Gasteiger partial charge >= 0.3 is 0 Å². The molecule has 4 nitrogen and oxygen atoms in total. The summed E-state index contributed by atoms with van der Waals surface area (Å²) in [4.78, 5) is 11.9. The van der Waals surface area contributed by atoms with E-state index in [1.54, 1.807) is 0 Å². The van der Waals surface area contributed by atoms with Crippen LogP contribution in [0.15, 0.2) is 0 Å². The SMILES string of the molecule is CCOCCCNC(=O)C1CC12CCNCC2.Cl. The summed E-state index contributed by atoms with van der Waals surface area (Å²) in [6, 6.07) is 0. The maximum Gasteiger partial charge on any atom is 0.223 e. The summed E-state index contributed by atoms with van der Waals surface area (Å²) in [5.41, 5.74) is 0.356. The standard InChI is InChI=1S/C13H24N2O2.ClH/c1-2-17-9-3-6-15-12(16)11-10-13(11)4-7-14-8-5-13;/h11,14H,2-10H2,1H3,(H,15,16);1H. The predicted molar refractivity (Wildman–Crippen MR) is 74.0 cm³/mol. The van der Waals surface area contributed by atoms with Crippen LogP contribution in [0.3, 0.4) is 0 Å². The van der Waals surface area contributed by atoms with E-state index in [1.807, 2.05) is 6.92 Å². The Morgan fingerprint density at radius 1 is 1.44 bits per heavy atom. The molecule has 1 spiro atoms. The molecule has 5 heteroatoms. The molecule has 1 aliphatic heterocycles. The van der Waals surface area contributed by atoms with Crippen LogP contribution in [0.2, 0.25) is 0 Å². The highest BCUT2D eigenvalue weighted by atomic mass is 35.5. The van der Waals surface area contributed by atoms with Gasteiger partial charge in [0, 0.05) is 25.7 Å². The Kier molecular flexibility index (Phi) is 6.39. The number of nitrogens with one attached hydrogen (secondary N) is 2. The van der Waals surface area contributed by atoms with Crippen LogP contribution in [-0.2, 0) is 9.53 Å². The van der Waals surface area contributed by atoms with Gasteiger partial charge in [0.1, 0.15) is 0 Å². The smallest absolute Gasteiger partial charge is 0.223 e. The van der Waals surface area contributed by atoms with E-state index < -0.39 is 0 Å². The average Bonchev–Trinajstić information content (AvgIpc) is 3.03. The van der Waals surface area contributed by atoms with E-state index in [9.17, 15) is 4.79 Å². The molecule has 0 aromatic carbocycles. The predicted octanol–water partition coefficient (Wildman–Crippen LogP) is 1.34. The maximum absolute atomic E-state index is 11.9. The van der Waals surface area contributed by atoms with Crippen LogP contribution >= 0.6 is 12.4 Å². The quantitative estimate of drug-likeness (QED) is 0.720. The van der Waals surface area contributed by atoms with Gasteiger partial charge in [-0.1, -0.05) is 0 Å². The lowest BCUT2D eigenvalue weighted by molar-refractivity contribution is -0.123. The van der Waals surface area contributed by atoms with Crippen LogP contribution in [0.5, 0.6) is 0 Å². The van der Waals surface area contributed by atoms with Crippen LogP contribution in [0.1, 0.15) is 32.6 Å². The molecule has 2 rings (SSSR count). The summed E-state index contributed by atoms with van der Waals surface area (Å²) >= 11 is 0. The van der Waals surface area contributed by atoms with Gasteiger partial charge in [0.2, 0.25) is 5.91 Å². The van der Waals surface area contributed by atoms with Gasteiger partial charge in [0.15, 0.2) is 0 Å². The average molecular weight is 277 g/mol. The van der Waals surface area contributed by atoms with Gasteiger partial charge < -0.3 is 15.4 Å². The Balaban J connectivity index is 0.00000162. The van der Waals surface area contributed by atoms with E-state index in [4.69, 9.17) is 4.74 Å². The second-order valence-electron chi connectivity index (χ2n) is 5.21. The number of halogens is 1. The minimum atomic E-state index is 0. The molecule has 1 saturated heterocycles. The molecule has 1 unspecified atom stereocenters. The number of carbonyl (C=O) groups is 1. The lowest BCUT2D eigenvalue weighted by Crippen LogP contribution is -2.34. The molecular formula is C13H25ClN2O2. The summed E-state index contributed by atoms with van der Waals surface area (Å²) in [7, 11) is 0. The second-order valence-corrected chi connectivity index (χ2v) is 5.21. The van der Waals surface area contributed by atoms with E-state index in [1.165, 1.54) is 12.8 Å². The van der Waals surface area contributed by atoms with Crippen LogP contribution < -0.4 is 10.6 Å². The lowest BCUT2D eigenvalue weighted by Gasteiger charge is -2.23. The number of rotatable bonds is 6. The molecule has 0 aromatic rings. The Bertz CT molecular complexity index is 268. The van der Waals surface area contributed by atoms with Crippen molar-refractivity contribution in [2.45, 2.75) is 32.6 Å². The zero-order valence-corrected chi connectivity index (χ0v) is 12.0. The molecule has 1 saturated carbocycles. The minimum absolute atomic E-state index is 0. The number of hydrogen-bond donors (Lipinski definition) is 2. The molecule has 106 valence electrons. The first-order valence-corrected chi connectivity index (χ1v) is 6.85. The summed E-state index contributed by atoms with van der Waals surface area (Å²) in [5, 5.41) is 6.39. The number of piperidine rings is 1. The largest absolute Gasteiger partial charge is 0.382 e. The van der Waals surface area contributed by atoms with Crippen molar-refractivity contribution in [3.8, 4) is 0 Å². The Labute approximate surface area is 116 Å². The third kappa shape index (κ3) is 3.84. The number of ether oxygens (including phenoxy) is 1. The van der Waals surface area contributed by atoms with Gasteiger partial charge in [-0.3, -0.25) is 4.79 Å². The van der Waals surface area contributed by atoms with Crippen LogP contribution in [0.4, 0.5) is 0 Å². The highest BCUT2D eigenvalue weighted by Gasteiger charge is 2.57. The van der Waals surface area contributed by atoms with Crippen molar-refractivity contribution in [3.63, 3.8) is 0 Å². The molecule has 1 amide bonds. The first-order chi connectivity index (χ1) is 8.28. The normalized spacial score (nSPS) is 24.4. The zero-order valence-electron chi connectivity index (χ0n) is 11.2. The molecule has 0 bridgehead atoms. The van der Waals surface area contributed by atoms with E-state index >= 15 is 0 Å². The zero-order chi connectivity index (χ0) is 12.1. The first kappa shape index (κ1) is 15.7. The highest BCUT2D eigenvalue weighted by Crippen LogP contribution is 2.58. The Morgan fingerprint density at radius 2 is 2.17 bits per heavy atom. The van der Waals surface area contributed by atoms with E-state index in [2.05, 4.69) is 10.6 Å². The van der Waals surface area contributed by atoms with E-state index in [0.29, 0.717) is 5.41 Å². The third-order valence-corrected chi connectivity index (χ3v) is 4.07. The maximum atomic E-state index is 11.9.